The average molecular weight is 306 g/mol. The van der Waals surface area contributed by atoms with Crippen LogP contribution < -0.4 is 5.11 Å². The number of sulfone groups is 1. The highest BCUT2D eigenvalue weighted by atomic mass is 32.2. The zero-order valence-corrected chi connectivity index (χ0v) is 11.2. The summed E-state index contributed by atoms with van der Waals surface area (Å²) >= 11 is 0. The third-order valence-corrected chi connectivity index (χ3v) is 4.58. The Labute approximate surface area is 119 Å². The van der Waals surface area contributed by atoms with Crippen molar-refractivity contribution in [1.82, 2.24) is 0 Å². The molecule has 21 heavy (non-hydrogen) atoms. The monoisotopic (exact) mass is 306 g/mol. The number of nitro benzene ring substituents is 1. The summed E-state index contributed by atoms with van der Waals surface area (Å²) in [6, 6.07) is 9.20. The van der Waals surface area contributed by atoms with Gasteiger partial charge in [0.2, 0.25) is 9.84 Å². The van der Waals surface area contributed by atoms with E-state index in [0.717, 1.165) is 36.4 Å². The molecule has 2 aromatic carbocycles. The highest BCUT2D eigenvalue weighted by Crippen LogP contribution is 2.25. The third-order valence-electron chi connectivity index (χ3n) is 2.75. The second-order valence-corrected chi connectivity index (χ2v) is 5.96. The number of nitro groups is 1. The molecule has 0 unspecified atom stereocenters. The summed E-state index contributed by atoms with van der Waals surface area (Å²) in [4.78, 5) is 20.2. The average Bonchev–Trinajstić information content (AvgIpc) is 2.47. The number of hydrogen-bond donors (Lipinski definition) is 0. The number of hydrogen-bond acceptors (Lipinski definition) is 6. The fourth-order valence-corrected chi connectivity index (χ4v) is 3.19. The first-order chi connectivity index (χ1) is 9.84. The van der Waals surface area contributed by atoms with Gasteiger partial charge in [-0.25, -0.2) is 8.42 Å². The minimum Gasteiger partial charge on any atom is -0.545 e. The molecule has 0 aliphatic rings. The van der Waals surface area contributed by atoms with Crippen LogP contribution in [0.3, 0.4) is 0 Å². The van der Waals surface area contributed by atoms with Crippen LogP contribution in [0.1, 0.15) is 10.4 Å². The van der Waals surface area contributed by atoms with Gasteiger partial charge in [0.05, 0.1) is 20.7 Å². The summed E-state index contributed by atoms with van der Waals surface area (Å²) in [6.45, 7) is 0. The van der Waals surface area contributed by atoms with Gasteiger partial charge < -0.3 is 9.90 Å². The highest BCUT2D eigenvalue weighted by Gasteiger charge is 2.22. The van der Waals surface area contributed by atoms with Crippen LogP contribution in [0.25, 0.3) is 0 Å². The second kappa shape index (κ2) is 5.33. The number of rotatable bonds is 4. The molecule has 0 saturated carbocycles. The van der Waals surface area contributed by atoms with Gasteiger partial charge in [0.1, 0.15) is 0 Å². The van der Waals surface area contributed by atoms with Gasteiger partial charge in [0.15, 0.2) is 0 Å². The molecule has 2 rings (SSSR count). The number of carboxylic acid groups (broad SMARTS) is 1. The predicted octanol–water partition coefficient (Wildman–Crippen LogP) is 0.791. The summed E-state index contributed by atoms with van der Waals surface area (Å²) < 4.78 is 24.8. The molecular formula is C13H8NO6S-. The maximum atomic E-state index is 12.4. The van der Waals surface area contributed by atoms with Crippen LogP contribution in [0.2, 0.25) is 0 Å². The molecule has 0 aromatic heterocycles. The highest BCUT2D eigenvalue weighted by molar-refractivity contribution is 7.91. The van der Waals surface area contributed by atoms with Gasteiger partial charge in [-0.3, -0.25) is 10.1 Å². The Kier molecular flexibility index (Phi) is 3.72. The molecule has 0 fully saturated rings. The molecule has 0 amide bonds. The number of carboxylic acids is 1. The van der Waals surface area contributed by atoms with E-state index in [1.54, 1.807) is 0 Å². The van der Waals surface area contributed by atoms with Crippen molar-refractivity contribution in [3.8, 4) is 0 Å². The Balaban J connectivity index is 2.57. The van der Waals surface area contributed by atoms with E-state index in [1.165, 1.54) is 12.1 Å². The number of non-ortho nitro benzene ring substituents is 1. The molecular weight excluding hydrogens is 298 g/mol. The number of benzene rings is 2. The van der Waals surface area contributed by atoms with E-state index in [-0.39, 0.29) is 10.6 Å². The maximum absolute atomic E-state index is 12.4. The lowest BCUT2D eigenvalue weighted by atomic mass is 10.2. The van der Waals surface area contributed by atoms with Crippen LogP contribution in [0.4, 0.5) is 5.69 Å². The Morgan fingerprint density at radius 1 is 1.00 bits per heavy atom. The lowest BCUT2D eigenvalue weighted by Gasteiger charge is -2.10. The second-order valence-electron chi connectivity index (χ2n) is 4.04. The molecule has 0 radical (unpaired) electrons. The molecule has 0 spiro atoms. The van der Waals surface area contributed by atoms with Crippen LogP contribution in [-0.4, -0.2) is 19.3 Å². The topological polar surface area (TPSA) is 117 Å². The van der Waals surface area contributed by atoms with Crippen LogP contribution in [-0.2, 0) is 9.84 Å². The third kappa shape index (κ3) is 2.75. The summed E-state index contributed by atoms with van der Waals surface area (Å²) in [5, 5.41) is 21.5. The molecule has 0 heterocycles. The van der Waals surface area contributed by atoms with Gasteiger partial charge in [0, 0.05) is 17.7 Å². The molecule has 0 bridgehead atoms. The van der Waals surface area contributed by atoms with E-state index in [9.17, 15) is 28.4 Å². The fourth-order valence-electron chi connectivity index (χ4n) is 1.74. The fraction of sp³-hybridized carbons (Fsp3) is 0. The molecule has 0 aliphatic heterocycles. The van der Waals surface area contributed by atoms with E-state index in [4.69, 9.17) is 0 Å². The Hall–Kier alpha value is -2.74. The van der Waals surface area contributed by atoms with Crippen LogP contribution in [0.5, 0.6) is 0 Å². The largest absolute Gasteiger partial charge is 0.545 e. The lowest BCUT2D eigenvalue weighted by Crippen LogP contribution is -2.24. The smallest absolute Gasteiger partial charge is 0.269 e. The van der Waals surface area contributed by atoms with Gasteiger partial charge in [-0.05, 0) is 18.2 Å². The summed E-state index contributed by atoms with van der Waals surface area (Å²) in [5.74, 6) is -1.61. The standard InChI is InChI=1S/C13H9NO6S/c15-13(16)11-3-1-2-4-12(11)21(19,20)10-7-5-9(6-8-10)14(17)18/h1-8H,(H,15,16)/p-1. The molecule has 0 saturated heterocycles. The van der Waals surface area contributed by atoms with E-state index in [1.807, 2.05) is 0 Å². The zero-order chi connectivity index (χ0) is 15.6. The first-order valence-corrected chi connectivity index (χ1v) is 7.12. The van der Waals surface area contributed by atoms with E-state index in [2.05, 4.69) is 0 Å². The predicted molar refractivity (Wildman–Crippen MR) is 69.3 cm³/mol. The van der Waals surface area contributed by atoms with E-state index < -0.39 is 31.2 Å². The van der Waals surface area contributed by atoms with Crippen molar-refractivity contribution in [2.75, 3.05) is 0 Å². The molecule has 108 valence electrons. The molecule has 0 aliphatic carbocycles. The molecule has 8 heteroatoms. The van der Waals surface area contributed by atoms with Gasteiger partial charge in [-0.15, -0.1) is 0 Å². The lowest BCUT2D eigenvalue weighted by molar-refractivity contribution is -0.384. The Morgan fingerprint density at radius 3 is 2.10 bits per heavy atom. The van der Waals surface area contributed by atoms with Crippen LogP contribution in [0, 0.1) is 10.1 Å². The minimum atomic E-state index is -4.10. The molecule has 0 N–H and O–H groups in total. The van der Waals surface area contributed by atoms with Gasteiger partial charge in [0.25, 0.3) is 5.69 Å². The van der Waals surface area contributed by atoms with Crippen molar-refractivity contribution in [3.05, 3.63) is 64.2 Å². The Bertz CT molecular complexity index is 811. The van der Waals surface area contributed by atoms with Crippen LogP contribution >= 0.6 is 0 Å². The Morgan fingerprint density at radius 2 is 1.57 bits per heavy atom. The summed E-state index contributed by atoms with van der Waals surface area (Å²) in [7, 11) is -4.10. The summed E-state index contributed by atoms with van der Waals surface area (Å²) in [6.07, 6.45) is 0. The zero-order valence-electron chi connectivity index (χ0n) is 10.4. The number of carbonyl (C=O) groups excluding carboxylic acids is 1. The minimum absolute atomic E-state index is 0.234. The normalized spacial score (nSPS) is 11.0. The number of aromatic carboxylic acids is 1. The van der Waals surface area contributed by atoms with Crippen molar-refractivity contribution in [2.24, 2.45) is 0 Å². The van der Waals surface area contributed by atoms with Gasteiger partial charge in [-0.1, -0.05) is 18.2 Å². The van der Waals surface area contributed by atoms with Crippen molar-refractivity contribution >= 4 is 21.5 Å². The first-order valence-electron chi connectivity index (χ1n) is 5.64. The molecule has 7 nitrogen and oxygen atoms in total. The molecule has 2 aromatic rings. The molecule has 0 atom stereocenters. The van der Waals surface area contributed by atoms with E-state index in [0.29, 0.717) is 0 Å². The van der Waals surface area contributed by atoms with Crippen molar-refractivity contribution < 1.29 is 23.2 Å². The van der Waals surface area contributed by atoms with Crippen LogP contribution in [0.15, 0.2) is 58.3 Å². The van der Waals surface area contributed by atoms with Gasteiger partial charge in [-0.2, -0.15) is 0 Å². The SMILES string of the molecule is O=C([O-])c1ccccc1S(=O)(=O)c1ccc([N+](=O)[O-])cc1. The summed E-state index contributed by atoms with van der Waals surface area (Å²) in [5.41, 5.74) is -0.724. The van der Waals surface area contributed by atoms with Gasteiger partial charge >= 0.3 is 0 Å². The van der Waals surface area contributed by atoms with Crippen molar-refractivity contribution in [1.29, 1.82) is 0 Å². The quantitative estimate of drug-likeness (QED) is 0.608. The number of carbonyl (C=O) groups is 1. The van der Waals surface area contributed by atoms with Crippen molar-refractivity contribution in [3.63, 3.8) is 0 Å². The maximum Gasteiger partial charge on any atom is 0.269 e. The first kappa shape index (κ1) is 14.7. The van der Waals surface area contributed by atoms with E-state index >= 15 is 0 Å². The number of nitrogens with zero attached hydrogens (tertiary/aromatic N) is 1. The van der Waals surface area contributed by atoms with Crippen molar-refractivity contribution in [2.45, 2.75) is 9.79 Å².